The molecule has 0 bridgehead atoms. The number of carbonyl (C=O) groups is 2. The second kappa shape index (κ2) is 10.8. The number of fused-ring (bicyclic) bond motifs is 1. The molecule has 35 heavy (non-hydrogen) atoms. The van der Waals surface area contributed by atoms with Crippen LogP contribution in [0.3, 0.4) is 0 Å². The Hall–Kier alpha value is -3.54. The van der Waals surface area contributed by atoms with Crippen molar-refractivity contribution in [2.75, 3.05) is 14.2 Å². The lowest BCUT2D eigenvalue weighted by atomic mass is 10.1. The fourth-order valence-electron chi connectivity index (χ4n) is 4.05. The minimum Gasteiger partial charge on any atom is -0.496 e. The van der Waals surface area contributed by atoms with Crippen LogP contribution in [-0.4, -0.2) is 36.3 Å². The van der Waals surface area contributed by atoms with Crippen molar-refractivity contribution in [3.8, 4) is 5.75 Å². The van der Waals surface area contributed by atoms with Gasteiger partial charge in [-0.25, -0.2) is 9.59 Å². The van der Waals surface area contributed by atoms with Gasteiger partial charge in [-0.1, -0.05) is 31.5 Å². The van der Waals surface area contributed by atoms with E-state index in [1.807, 2.05) is 39.0 Å². The number of aromatic nitrogens is 1. The van der Waals surface area contributed by atoms with Crippen molar-refractivity contribution in [3.05, 3.63) is 70.4 Å². The molecule has 0 fully saturated rings. The number of carbonyl (C=O) groups excluding carboxylic acids is 2. The first kappa shape index (κ1) is 26.1. The molecule has 0 aliphatic heterocycles. The molecule has 0 saturated heterocycles. The molecule has 0 amide bonds. The Morgan fingerprint density at radius 2 is 1.77 bits per heavy atom. The molecule has 3 aromatic rings. The van der Waals surface area contributed by atoms with Crippen LogP contribution < -0.4 is 4.74 Å². The molecule has 6 heteroatoms. The van der Waals surface area contributed by atoms with E-state index in [-0.39, 0.29) is 5.97 Å². The van der Waals surface area contributed by atoms with Gasteiger partial charge < -0.3 is 18.8 Å². The second-order valence-electron chi connectivity index (χ2n) is 9.66. The van der Waals surface area contributed by atoms with Crippen molar-refractivity contribution in [3.63, 3.8) is 0 Å². The lowest BCUT2D eigenvalue weighted by Crippen LogP contribution is -2.24. The highest BCUT2D eigenvalue weighted by Gasteiger charge is 2.18. The molecule has 0 aliphatic rings. The molecule has 0 aliphatic carbocycles. The quantitative estimate of drug-likeness (QED) is 0.286. The van der Waals surface area contributed by atoms with Crippen LogP contribution >= 0.6 is 0 Å². The third-order valence-electron chi connectivity index (χ3n) is 5.66. The number of esters is 2. The Labute approximate surface area is 207 Å². The lowest BCUT2D eigenvalue weighted by Gasteiger charge is -2.19. The van der Waals surface area contributed by atoms with Gasteiger partial charge in [0, 0.05) is 28.2 Å². The van der Waals surface area contributed by atoms with Crippen LogP contribution in [0.25, 0.3) is 17.0 Å². The van der Waals surface area contributed by atoms with Crippen molar-refractivity contribution in [1.82, 2.24) is 4.57 Å². The molecular weight excluding hydrogens is 442 g/mol. The fourth-order valence-corrected chi connectivity index (χ4v) is 4.05. The van der Waals surface area contributed by atoms with Gasteiger partial charge in [0.15, 0.2) is 0 Å². The number of hydrogen-bond acceptors (Lipinski definition) is 5. The van der Waals surface area contributed by atoms with Gasteiger partial charge in [0.1, 0.15) is 11.4 Å². The van der Waals surface area contributed by atoms with Crippen molar-refractivity contribution in [1.29, 1.82) is 0 Å². The first-order valence-corrected chi connectivity index (χ1v) is 11.8. The third kappa shape index (κ3) is 6.32. The summed E-state index contributed by atoms with van der Waals surface area (Å²) in [6.07, 6.45) is 6.04. The molecule has 0 unspecified atom stereocenters. The molecule has 1 heterocycles. The Morgan fingerprint density at radius 1 is 1.03 bits per heavy atom. The van der Waals surface area contributed by atoms with E-state index in [9.17, 15) is 9.59 Å². The van der Waals surface area contributed by atoms with Crippen LogP contribution in [0.4, 0.5) is 0 Å². The normalized spacial score (nSPS) is 12.0. The summed E-state index contributed by atoms with van der Waals surface area (Å²) in [6.45, 7) is 10.1. The van der Waals surface area contributed by atoms with Gasteiger partial charge in [0.2, 0.25) is 0 Å². The molecule has 0 radical (unpaired) electrons. The van der Waals surface area contributed by atoms with Gasteiger partial charge >= 0.3 is 11.9 Å². The minimum atomic E-state index is -0.539. The molecule has 0 atom stereocenters. The van der Waals surface area contributed by atoms with E-state index < -0.39 is 11.6 Å². The van der Waals surface area contributed by atoms with Crippen molar-refractivity contribution >= 4 is 28.9 Å². The van der Waals surface area contributed by atoms with Crippen LogP contribution in [-0.2, 0) is 27.2 Å². The topological polar surface area (TPSA) is 66.8 Å². The van der Waals surface area contributed by atoms with E-state index in [1.165, 1.54) is 18.1 Å². The van der Waals surface area contributed by atoms with Crippen molar-refractivity contribution in [2.24, 2.45) is 0 Å². The summed E-state index contributed by atoms with van der Waals surface area (Å²) < 4.78 is 18.1. The Balaban J connectivity index is 2.02. The average molecular weight is 478 g/mol. The third-order valence-corrected chi connectivity index (χ3v) is 5.66. The largest absolute Gasteiger partial charge is 0.496 e. The second-order valence-corrected chi connectivity index (χ2v) is 9.66. The van der Waals surface area contributed by atoms with Gasteiger partial charge in [-0.05, 0) is 69.5 Å². The molecule has 0 spiro atoms. The number of nitrogens with zero attached hydrogens (tertiary/aromatic N) is 1. The number of rotatable bonds is 8. The maximum Gasteiger partial charge on any atom is 0.337 e. The van der Waals surface area contributed by atoms with Gasteiger partial charge in [-0.15, -0.1) is 0 Å². The molecule has 2 aromatic carbocycles. The van der Waals surface area contributed by atoms with E-state index in [2.05, 4.69) is 29.8 Å². The van der Waals surface area contributed by atoms with Crippen LogP contribution in [0.1, 0.15) is 68.1 Å². The van der Waals surface area contributed by atoms with Crippen LogP contribution in [0.2, 0.25) is 0 Å². The summed E-state index contributed by atoms with van der Waals surface area (Å²) in [5.41, 5.74) is 4.67. The Bertz CT molecular complexity index is 1260. The van der Waals surface area contributed by atoms with Crippen molar-refractivity contribution in [2.45, 2.75) is 59.6 Å². The summed E-state index contributed by atoms with van der Waals surface area (Å²) in [5.74, 6) is -0.0954. The monoisotopic (exact) mass is 477 g/mol. The summed E-state index contributed by atoms with van der Waals surface area (Å²) in [6, 6.07) is 11.6. The minimum absolute atomic E-state index is 0.324. The summed E-state index contributed by atoms with van der Waals surface area (Å²) in [7, 11) is 2.96. The van der Waals surface area contributed by atoms with E-state index in [1.54, 1.807) is 26.2 Å². The van der Waals surface area contributed by atoms with E-state index in [0.717, 1.165) is 29.5 Å². The van der Waals surface area contributed by atoms with E-state index >= 15 is 0 Å². The average Bonchev–Trinajstić information content (AvgIpc) is 3.14. The number of hydrogen-bond donors (Lipinski definition) is 0. The first-order chi connectivity index (χ1) is 16.6. The predicted octanol–water partition coefficient (Wildman–Crippen LogP) is 6.18. The maximum atomic E-state index is 12.4. The molecule has 3 rings (SSSR count). The zero-order valence-electron chi connectivity index (χ0n) is 21.7. The van der Waals surface area contributed by atoms with Crippen LogP contribution in [0, 0.1) is 0 Å². The highest BCUT2D eigenvalue weighted by Crippen LogP contribution is 2.29. The van der Waals surface area contributed by atoms with Gasteiger partial charge in [0.25, 0.3) is 0 Å². The molecule has 1 aromatic heterocycles. The number of benzene rings is 2. The molecule has 0 N–H and O–H groups in total. The van der Waals surface area contributed by atoms with Gasteiger partial charge in [-0.2, -0.15) is 0 Å². The number of aryl methyl sites for hydroxylation is 1. The molecule has 0 saturated carbocycles. The van der Waals surface area contributed by atoms with Crippen molar-refractivity contribution < 1.29 is 23.8 Å². The zero-order valence-corrected chi connectivity index (χ0v) is 21.7. The predicted molar refractivity (Wildman–Crippen MR) is 139 cm³/mol. The van der Waals surface area contributed by atoms with Crippen LogP contribution in [0.15, 0.2) is 48.2 Å². The van der Waals surface area contributed by atoms with E-state index in [4.69, 9.17) is 14.2 Å². The summed E-state index contributed by atoms with van der Waals surface area (Å²) in [4.78, 5) is 24.4. The maximum absolute atomic E-state index is 12.4. The smallest absolute Gasteiger partial charge is 0.337 e. The Morgan fingerprint density at radius 3 is 2.40 bits per heavy atom. The highest BCUT2D eigenvalue weighted by atomic mass is 16.6. The highest BCUT2D eigenvalue weighted by molar-refractivity contribution is 5.94. The zero-order chi connectivity index (χ0) is 25.8. The molecule has 6 nitrogen and oxygen atoms in total. The summed E-state index contributed by atoms with van der Waals surface area (Å²) >= 11 is 0. The SMILES string of the molecule is CCCc1cn(Cc2ccc(C(=O)OC)cc2OC)c2cc(/C=C(/C)C(=O)OC(C)(C)C)ccc12. The summed E-state index contributed by atoms with van der Waals surface area (Å²) in [5, 5.41) is 1.18. The van der Waals surface area contributed by atoms with Gasteiger partial charge in [-0.3, -0.25) is 0 Å². The standard InChI is InChI=1S/C29H35NO5/c1-8-9-22-17-30(18-23-12-11-21(28(32)34-7)16-26(23)33-6)25-15-20(10-13-24(22)25)14-19(2)27(31)35-29(3,4)5/h10-17H,8-9,18H2,1-7H3/b19-14-. The molecular formula is C29H35NO5. The lowest BCUT2D eigenvalue weighted by molar-refractivity contribution is -0.149. The van der Waals surface area contributed by atoms with Gasteiger partial charge in [0.05, 0.1) is 26.3 Å². The number of ether oxygens (including phenoxy) is 3. The fraction of sp³-hybridized carbons (Fsp3) is 0.379. The Kier molecular flexibility index (Phi) is 8.05. The number of methoxy groups -OCH3 is 2. The van der Waals surface area contributed by atoms with E-state index in [0.29, 0.717) is 23.4 Å². The first-order valence-electron chi connectivity index (χ1n) is 11.8. The van der Waals surface area contributed by atoms with Crippen LogP contribution in [0.5, 0.6) is 5.75 Å². The molecule has 186 valence electrons.